The third-order valence-corrected chi connectivity index (χ3v) is 3.16. The number of nitrogens with zero attached hydrogens (tertiary/aromatic N) is 2. The molecule has 3 heteroatoms. The molecule has 1 atom stereocenters. The lowest BCUT2D eigenvalue weighted by Gasteiger charge is -2.15. The van der Waals surface area contributed by atoms with Crippen LogP contribution in [0.15, 0.2) is 12.3 Å². The smallest absolute Gasteiger partial charge is 0.145 e. The van der Waals surface area contributed by atoms with Gasteiger partial charge in [0, 0.05) is 11.9 Å². The Bertz CT molecular complexity index is 328. The minimum Gasteiger partial charge on any atom is -0.307 e. The summed E-state index contributed by atoms with van der Waals surface area (Å²) < 4.78 is 0. The highest BCUT2D eigenvalue weighted by atomic mass is 15.0. The summed E-state index contributed by atoms with van der Waals surface area (Å²) >= 11 is 0. The normalized spacial score (nSPS) is 22.1. The second-order valence-corrected chi connectivity index (χ2v) is 4.85. The predicted octanol–water partition coefficient (Wildman–Crippen LogP) is 2.80. The van der Waals surface area contributed by atoms with Crippen LogP contribution in [0.25, 0.3) is 0 Å². The molecule has 0 aliphatic carbocycles. The van der Waals surface area contributed by atoms with Crippen molar-refractivity contribution < 1.29 is 0 Å². The van der Waals surface area contributed by atoms with Crippen molar-refractivity contribution in [3.63, 3.8) is 0 Å². The monoisotopic (exact) mass is 219 g/mol. The fourth-order valence-corrected chi connectivity index (χ4v) is 2.13. The summed E-state index contributed by atoms with van der Waals surface area (Å²) in [7, 11) is 0. The molecule has 0 aromatic carbocycles. The highest BCUT2D eigenvalue weighted by Gasteiger charge is 2.16. The summed E-state index contributed by atoms with van der Waals surface area (Å²) in [5, 5.41) is 3.54. The van der Waals surface area contributed by atoms with Crippen LogP contribution in [0.4, 0.5) is 0 Å². The van der Waals surface area contributed by atoms with E-state index in [0.717, 1.165) is 18.1 Å². The van der Waals surface area contributed by atoms with Crippen LogP contribution in [-0.4, -0.2) is 16.5 Å². The van der Waals surface area contributed by atoms with Gasteiger partial charge in [-0.25, -0.2) is 9.97 Å². The Morgan fingerprint density at radius 3 is 3.00 bits per heavy atom. The van der Waals surface area contributed by atoms with Gasteiger partial charge in [0.15, 0.2) is 0 Å². The highest BCUT2D eigenvalue weighted by molar-refractivity contribution is 5.08. The minimum atomic E-state index is 0.362. The SMILES string of the molecule is CC(C)c1ccnc(C2CCCCCN2)n1. The van der Waals surface area contributed by atoms with E-state index < -0.39 is 0 Å². The van der Waals surface area contributed by atoms with Gasteiger partial charge >= 0.3 is 0 Å². The average Bonchev–Trinajstić information content (AvgIpc) is 2.57. The molecule has 0 bridgehead atoms. The fourth-order valence-electron chi connectivity index (χ4n) is 2.13. The molecule has 1 saturated heterocycles. The number of rotatable bonds is 2. The van der Waals surface area contributed by atoms with Crippen LogP contribution >= 0.6 is 0 Å². The number of hydrogen-bond donors (Lipinski definition) is 1. The lowest BCUT2D eigenvalue weighted by atomic mass is 10.1. The van der Waals surface area contributed by atoms with E-state index in [1.54, 1.807) is 0 Å². The van der Waals surface area contributed by atoms with E-state index in [-0.39, 0.29) is 0 Å². The van der Waals surface area contributed by atoms with Crippen molar-refractivity contribution in [1.29, 1.82) is 0 Å². The van der Waals surface area contributed by atoms with Crippen molar-refractivity contribution in [2.24, 2.45) is 0 Å². The number of nitrogens with one attached hydrogen (secondary N) is 1. The van der Waals surface area contributed by atoms with E-state index in [0.29, 0.717) is 12.0 Å². The minimum absolute atomic E-state index is 0.362. The van der Waals surface area contributed by atoms with Gasteiger partial charge in [-0.3, -0.25) is 0 Å². The molecule has 1 aliphatic heterocycles. The molecule has 1 fully saturated rings. The fraction of sp³-hybridized carbons (Fsp3) is 0.692. The van der Waals surface area contributed by atoms with Crippen LogP contribution in [0.2, 0.25) is 0 Å². The Morgan fingerprint density at radius 2 is 2.19 bits per heavy atom. The van der Waals surface area contributed by atoms with Crippen LogP contribution in [0.5, 0.6) is 0 Å². The molecule has 0 radical (unpaired) electrons. The lowest BCUT2D eigenvalue weighted by Crippen LogP contribution is -2.22. The quantitative estimate of drug-likeness (QED) is 0.831. The molecule has 2 rings (SSSR count). The summed E-state index contributed by atoms with van der Waals surface area (Å²) in [6.45, 7) is 5.44. The second-order valence-electron chi connectivity index (χ2n) is 4.85. The molecule has 1 unspecified atom stereocenters. The summed E-state index contributed by atoms with van der Waals surface area (Å²) in [5.41, 5.74) is 1.15. The van der Waals surface area contributed by atoms with Crippen molar-refractivity contribution in [3.05, 3.63) is 23.8 Å². The van der Waals surface area contributed by atoms with Crippen LogP contribution in [0.1, 0.15) is 63.0 Å². The molecular formula is C13H21N3. The van der Waals surface area contributed by atoms with Gasteiger partial charge in [0.05, 0.1) is 6.04 Å². The molecular weight excluding hydrogens is 198 g/mol. The molecule has 3 nitrogen and oxygen atoms in total. The van der Waals surface area contributed by atoms with E-state index in [1.807, 2.05) is 12.3 Å². The van der Waals surface area contributed by atoms with Crippen LogP contribution < -0.4 is 5.32 Å². The number of aromatic nitrogens is 2. The molecule has 0 spiro atoms. The third-order valence-electron chi connectivity index (χ3n) is 3.16. The average molecular weight is 219 g/mol. The maximum absolute atomic E-state index is 4.66. The van der Waals surface area contributed by atoms with E-state index in [4.69, 9.17) is 0 Å². The van der Waals surface area contributed by atoms with Crippen molar-refractivity contribution in [1.82, 2.24) is 15.3 Å². The highest BCUT2D eigenvalue weighted by Crippen LogP contribution is 2.21. The van der Waals surface area contributed by atoms with E-state index in [2.05, 4.69) is 29.1 Å². The second kappa shape index (κ2) is 5.39. The Labute approximate surface area is 97.7 Å². The first-order valence-corrected chi connectivity index (χ1v) is 6.33. The van der Waals surface area contributed by atoms with Crippen LogP contribution in [-0.2, 0) is 0 Å². The molecule has 1 aromatic rings. The molecule has 1 N–H and O–H groups in total. The van der Waals surface area contributed by atoms with Gasteiger partial charge in [0.1, 0.15) is 5.82 Å². The van der Waals surface area contributed by atoms with Gasteiger partial charge < -0.3 is 5.32 Å². The number of hydrogen-bond acceptors (Lipinski definition) is 3. The summed E-state index contributed by atoms with van der Waals surface area (Å²) in [5.74, 6) is 1.46. The van der Waals surface area contributed by atoms with Gasteiger partial charge in [0.25, 0.3) is 0 Å². The largest absolute Gasteiger partial charge is 0.307 e. The van der Waals surface area contributed by atoms with Gasteiger partial charge in [-0.2, -0.15) is 0 Å². The third kappa shape index (κ3) is 2.79. The van der Waals surface area contributed by atoms with Gasteiger partial charge in [-0.15, -0.1) is 0 Å². The van der Waals surface area contributed by atoms with Gasteiger partial charge in [-0.05, 0) is 31.4 Å². The Hall–Kier alpha value is -0.960. The Kier molecular flexibility index (Phi) is 3.88. The first kappa shape index (κ1) is 11.5. The zero-order valence-electron chi connectivity index (χ0n) is 10.2. The van der Waals surface area contributed by atoms with E-state index in [9.17, 15) is 0 Å². The summed E-state index contributed by atoms with van der Waals surface area (Å²) in [4.78, 5) is 9.08. The van der Waals surface area contributed by atoms with Crippen LogP contribution in [0.3, 0.4) is 0 Å². The van der Waals surface area contributed by atoms with E-state index >= 15 is 0 Å². The van der Waals surface area contributed by atoms with E-state index in [1.165, 1.54) is 25.7 Å². The molecule has 2 heterocycles. The molecule has 88 valence electrons. The predicted molar refractivity (Wildman–Crippen MR) is 65.3 cm³/mol. The molecule has 16 heavy (non-hydrogen) atoms. The van der Waals surface area contributed by atoms with Gasteiger partial charge in [-0.1, -0.05) is 26.7 Å². The molecule has 0 saturated carbocycles. The van der Waals surface area contributed by atoms with Gasteiger partial charge in [0.2, 0.25) is 0 Å². The maximum atomic E-state index is 4.66. The van der Waals surface area contributed by atoms with Crippen molar-refractivity contribution in [3.8, 4) is 0 Å². The van der Waals surface area contributed by atoms with Crippen molar-refractivity contribution in [2.45, 2.75) is 51.5 Å². The molecule has 1 aromatic heterocycles. The zero-order chi connectivity index (χ0) is 11.4. The first-order valence-electron chi connectivity index (χ1n) is 6.33. The zero-order valence-corrected chi connectivity index (χ0v) is 10.2. The lowest BCUT2D eigenvalue weighted by molar-refractivity contribution is 0.504. The Balaban J connectivity index is 2.15. The first-order chi connectivity index (χ1) is 7.77. The molecule has 1 aliphatic rings. The maximum Gasteiger partial charge on any atom is 0.145 e. The summed E-state index contributed by atoms with van der Waals surface area (Å²) in [6.07, 6.45) is 6.95. The topological polar surface area (TPSA) is 37.8 Å². The van der Waals surface area contributed by atoms with Crippen molar-refractivity contribution >= 4 is 0 Å². The van der Waals surface area contributed by atoms with Crippen molar-refractivity contribution in [2.75, 3.05) is 6.54 Å². The summed E-state index contributed by atoms with van der Waals surface area (Å²) in [6, 6.07) is 2.38. The van der Waals surface area contributed by atoms with Crippen LogP contribution in [0, 0.1) is 0 Å². The Morgan fingerprint density at radius 1 is 1.31 bits per heavy atom. The molecule has 0 amide bonds. The standard InChI is InChI=1S/C13H21N3/c1-10(2)11-7-9-15-13(16-11)12-6-4-3-5-8-14-12/h7,9-10,12,14H,3-6,8H2,1-2H3.